The van der Waals surface area contributed by atoms with Crippen molar-refractivity contribution in [3.8, 4) is 5.75 Å². The number of methoxy groups -OCH3 is 1. The number of benzene rings is 1. The van der Waals surface area contributed by atoms with Gasteiger partial charge in [0.2, 0.25) is 15.0 Å². The molecule has 2 heterocycles. The van der Waals surface area contributed by atoms with E-state index < -0.39 is 20.5 Å². The summed E-state index contributed by atoms with van der Waals surface area (Å²) in [4.78, 5) is 21.6. The number of nitro groups is 1. The molecule has 0 unspecified atom stereocenters. The Balaban J connectivity index is 2.02. The Labute approximate surface area is 149 Å². The average molecular weight is 376 g/mol. The van der Waals surface area contributed by atoms with Crippen LogP contribution in [-0.2, 0) is 15.6 Å². The summed E-state index contributed by atoms with van der Waals surface area (Å²) >= 11 is 0. The molecule has 0 fully saturated rings. The molecule has 0 aliphatic rings. The summed E-state index contributed by atoms with van der Waals surface area (Å²) in [6, 6.07) is 4.97. The zero-order chi connectivity index (χ0) is 19.1. The zero-order valence-electron chi connectivity index (χ0n) is 14.3. The molecule has 0 atom stereocenters. The fraction of sp³-hybridized carbons (Fsp3) is 0.250. The Bertz CT molecular complexity index is 1120. The highest BCUT2D eigenvalue weighted by atomic mass is 32.2. The number of pyridine rings is 1. The number of fused-ring (bicyclic) bond motifs is 1. The number of sulfone groups is 1. The lowest BCUT2D eigenvalue weighted by Crippen LogP contribution is -2.11. The minimum absolute atomic E-state index is 0.125. The molecule has 0 saturated heterocycles. The van der Waals surface area contributed by atoms with Gasteiger partial charge in [-0.2, -0.15) is 0 Å². The molecular weight excluding hydrogens is 360 g/mol. The van der Waals surface area contributed by atoms with Crippen molar-refractivity contribution in [2.45, 2.75) is 24.8 Å². The second-order valence-corrected chi connectivity index (χ2v) is 7.71. The van der Waals surface area contributed by atoms with Gasteiger partial charge in [0.1, 0.15) is 11.5 Å². The number of hydrogen-bond acceptors (Lipinski definition) is 7. The van der Waals surface area contributed by atoms with E-state index in [1.807, 2.05) is 0 Å². The van der Waals surface area contributed by atoms with Gasteiger partial charge in [0.25, 0.3) is 5.69 Å². The Morgan fingerprint density at radius 1 is 1.31 bits per heavy atom. The van der Waals surface area contributed by atoms with Gasteiger partial charge >= 0.3 is 0 Å². The number of rotatable bonds is 5. The van der Waals surface area contributed by atoms with Gasteiger partial charge in [-0.15, -0.1) is 0 Å². The molecule has 3 rings (SSSR count). The summed E-state index contributed by atoms with van der Waals surface area (Å²) in [6.45, 7) is 3.05. The minimum atomic E-state index is -3.87. The maximum Gasteiger partial charge on any atom is 0.278 e. The maximum absolute atomic E-state index is 12.7. The van der Waals surface area contributed by atoms with E-state index in [2.05, 4.69) is 15.0 Å². The number of imidazole rings is 1. The molecule has 26 heavy (non-hydrogen) atoms. The van der Waals surface area contributed by atoms with Crippen LogP contribution in [0.1, 0.15) is 16.8 Å². The van der Waals surface area contributed by atoms with Crippen LogP contribution in [-0.4, -0.2) is 35.4 Å². The number of nitrogens with zero attached hydrogens (tertiary/aromatic N) is 3. The van der Waals surface area contributed by atoms with Gasteiger partial charge in [0.05, 0.1) is 28.8 Å². The lowest BCUT2D eigenvalue weighted by atomic mass is 10.1. The third-order valence-electron chi connectivity index (χ3n) is 4.05. The Hall–Kier alpha value is -3.01. The molecule has 0 bridgehead atoms. The van der Waals surface area contributed by atoms with Crippen LogP contribution in [0.25, 0.3) is 11.0 Å². The van der Waals surface area contributed by atoms with Crippen LogP contribution in [0.4, 0.5) is 5.69 Å². The van der Waals surface area contributed by atoms with Crippen molar-refractivity contribution in [2.24, 2.45) is 0 Å². The number of nitrogens with one attached hydrogen (secondary N) is 1. The highest BCUT2D eigenvalue weighted by molar-refractivity contribution is 7.90. The fourth-order valence-electron chi connectivity index (χ4n) is 2.68. The van der Waals surface area contributed by atoms with E-state index in [9.17, 15) is 18.5 Å². The number of aromatic nitrogens is 3. The average Bonchev–Trinajstić information content (AvgIpc) is 3.01. The summed E-state index contributed by atoms with van der Waals surface area (Å²) < 4.78 is 30.5. The first-order chi connectivity index (χ1) is 12.2. The van der Waals surface area contributed by atoms with Gasteiger partial charge < -0.3 is 9.72 Å². The third kappa shape index (κ3) is 3.10. The number of ether oxygens (including phenoxy) is 1. The third-order valence-corrected chi connectivity index (χ3v) is 5.48. The van der Waals surface area contributed by atoms with Crippen molar-refractivity contribution < 1.29 is 18.1 Å². The summed E-state index contributed by atoms with van der Waals surface area (Å²) in [5, 5.41) is 11.0. The summed E-state index contributed by atoms with van der Waals surface area (Å²) in [7, 11) is -2.36. The number of H-pyrrole nitrogens is 1. The predicted octanol–water partition coefficient (Wildman–Crippen LogP) is 2.47. The molecule has 136 valence electrons. The first kappa shape index (κ1) is 17.8. The van der Waals surface area contributed by atoms with Crippen LogP contribution in [0.2, 0.25) is 0 Å². The summed E-state index contributed by atoms with van der Waals surface area (Å²) in [5.41, 5.74) is 1.60. The number of aromatic amines is 1. The second kappa shape index (κ2) is 6.37. The Morgan fingerprint density at radius 2 is 2.04 bits per heavy atom. The van der Waals surface area contributed by atoms with E-state index in [1.54, 1.807) is 25.1 Å². The molecule has 1 N–H and O–H groups in total. The van der Waals surface area contributed by atoms with Gasteiger partial charge in [-0.05, 0) is 26.0 Å². The van der Waals surface area contributed by atoms with E-state index in [0.29, 0.717) is 22.3 Å². The van der Waals surface area contributed by atoms with Gasteiger partial charge in [-0.3, -0.25) is 15.1 Å². The summed E-state index contributed by atoms with van der Waals surface area (Å²) in [6.07, 6.45) is 1.31. The molecule has 2 aromatic heterocycles. The molecule has 3 aromatic rings. The van der Waals surface area contributed by atoms with Crippen molar-refractivity contribution in [3.63, 3.8) is 0 Å². The van der Waals surface area contributed by atoms with Crippen molar-refractivity contribution in [2.75, 3.05) is 7.11 Å². The van der Waals surface area contributed by atoms with Crippen LogP contribution in [0, 0.1) is 24.0 Å². The van der Waals surface area contributed by atoms with Crippen molar-refractivity contribution in [3.05, 3.63) is 51.3 Å². The van der Waals surface area contributed by atoms with Crippen LogP contribution in [0.5, 0.6) is 5.75 Å². The molecule has 1 aromatic carbocycles. The lowest BCUT2D eigenvalue weighted by molar-refractivity contribution is -0.386. The van der Waals surface area contributed by atoms with Crippen molar-refractivity contribution in [1.29, 1.82) is 0 Å². The maximum atomic E-state index is 12.7. The van der Waals surface area contributed by atoms with Crippen LogP contribution in [0.3, 0.4) is 0 Å². The fourth-order valence-corrected chi connectivity index (χ4v) is 3.97. The smallest absolute Gasteiger partial charge is 0.278 e. The van der Waals surface area contributed by atoms with E-state index in [4.69, 9.17) is 4.74 Å². The molecule has 0 aliphatic heterocycles. The minimum Gasteiger partial charge on any atom is -0.497 e. The molecule has 0 amide bonds. The van der Waals surface area contributed by atoms with E-state index in [0.717, 1.165) is 0 Å². The van der Waals surface area contributed by atoms with E-state index in [1.165, 1.54) is 20.2 Å². The topological polar surface area (TPSA) is 128 Å². The highest BCUT2D eigenvalue weighted by Gasteiger charge is 2.25. The Morgan fingerprint density at radius 3 is 2.69 bits per heavy atom. The first-order valence-corrected chi connectivity index (χ1v) is 9.24. The molecule has 0 saturated carbocycles. The highest BCUT2D eigenvalue weighted by Crippen LogP contribution is 2.27. The van der Waals surface area contributed by atoms with Crippen molar-refractivity contribution >= 4 is 26.6 Å². The van der Waals surface area contributed by atoms with Crippen molar-refractivity contribution in [1.82, 2.24) is 15.0 Å². The molecule has 10 heteroatoms. The zero-order valence-corrected chi connectivity index (χ0v) is 15.1. The molecule has 0 radical (unpaired) electrons. The molecule has 0 aliphatic carbocycles. The van der Waals surface area contributed by atoms with Crippen LogP contribution in [0.15, 0.2) is 29.6 Å². The summed E-state index contributed by atoms with van der Waals surface area (Å²) in [5.74, 6) is 0.0660. The lowest BCUT2D eigenvalue weighted by Gasteiger charge is -2.07. The van der Waals surface area contributed by atoms with Gasteiger partial charge in [-0.25, -0.2) is 13.4 Å². The standard InChI is InChI=1S/C16H16N4O5S/c1-9-7-17-14(10(2)15(9)20(21)22)8-26(23,24)16-18-12-5-4-11(25-3)6-13(12)19-16/h4-7H,8H2,1-3H3,(H,18,19). The SMILES string of the molecule is COc1ccc2[nH]c(S(=O)(=O)Cc3ncc(C)c([N+](=O)[O-])c3C)nc2c1. The van der Waals surface area contributed by atoms with Gasteiger partial charge in [0.15, 0.2) is 0 Å². The molecule has 0 spiro atoms. The monoisotopic (exact) mass is 376 g/mol. The van der Waals surface area contributed by atoms with E-state index in [-0.39, 0.29) is 22.1 Å². The number of hydrogen-bond donors (Lipinski definition) is 1. The van der Waals surface area contributed by atoms with Crippen LogP contribution >= 0.6 is 0 Å². The quantitative estimate of drug-likeness (QED) is 0.535. The van der Waals surface area contributed by atoms with Gasteiger partial charge in [-0.1, -0.05) is 0 Å². The first-order valence-electron chi connectivity index (χ1n) is 7.59. The molecule has 9 nitrogen and oxygen atoms in total. The Kier molecular flexibility index (Phi) is 4.36. The largest absolute Gasteiger partial charge is 0.497 e. The second-order valence-electron chi connectivity index (χ2n) is 5.80. The normalized spacial score (nSPS) is 11.7. The number of aryl methyl sites for hydroxylation is 1. The molecular formula is C16H16N4O5S. The predicted molar refractivity (Wildman–Crippen MR) is 93.9 cm³/mol. The van der Waals surface area contributed by atoms with Crippen LogP contribution < -0.4 is 4.74 Å². The van der Waals surface area contributed by atoms with Gasteiger partial charge in [0, 0.05) is 23.4 Å². The van der Waals surface area contributed by atoms with E-state index >= 15 is 0 Å².